The third kappa shape index (κ3) is 3.66. The maximum Gasteiger partial charge on any atom is 0.256 e. The summed E-state index contributed by atoms with van der Waals surface area (Å²) in [7, 11) is 0. The first-order valence-electron chi connectivity index (χ1n) is 10.1. The minimum absolute atomic E-state index is 0.0983. The number of pyridine rings is 1. The molecular weight excluding hydrogens is 358 g/mol. The molecular formula is C25H23N3O. The molecule has 1 saturated carbocycles. The fourth-order valence-electron chi connectivity index (χ4n) is 3.90. The van der Waals surface area contributed by atoms with Crippen molar-refractivity contribution < 1.29 is 4.79 Å². The van der Waals surface area contributed by atoms with E-state index in [2.05, 4.69) is 45.9 Å². The van der Waals surface area contributed by atoms with Gasteiger partial charge in [-0.05, 0) is 36.6 Å². The Morgan fingerprint density at radius 3 is 2.48 bits per heavy atom. The van der Waals surface area contributed by atoms with Gasteiger partial charge in [-0.2, -0.15) is 0 Å². The van der Waals surface area contributed by atoms with Crippen LogP contribution in [0, 0.1) is 0 Å². The summed E-state index contributed by atoms with van der Waals surface area (Å²) in [5, 5.41) is 1.01. The number of hydrogen-bond acceptors (Lipinski definition) is 2. The molecule has 4 heteroatoms. The average molecular weight is 381 g/mol. The van der Waals surface area contributed by atoms with Crippen LogP contribution in [0.15, 0.2) is 85.2 Å². The average Bonchev–Trinajstić information content (AvgIpc) is 3.55. The Morgan fingerprint density at radius 1 is 0.966 bits per heavy atom. The van der Waals surface area contributed by atoms with E-state index in [0.717, 1.165) is 41.5 Å². The van der Waals surface area contributed by atoms with Gasteiger partial charge in [0.05, 0.1) is 17.8 Å². The van der Waals surface area contributed by atoms with Gasteiger partial charge in [-0.25, -0.2) is 0 Å². The smallest absolute Gasteiger partial charge is 0.256 e. The number of carbonyl (C=O) groups is 1. The molecule has 4 nitrogen and oxygen atoms in total. The van der Waals surface area contributed by atoms with Crippen molar-refractivity contribution in [3.05, 3.63) is 102 Å². The number of carbonyl (C=O) groups excluding carboxylic acids is 1. The second-order valence-corrected chi connectivity index (χ2v) is 7.66. The highest BCUT2D eigenvalue weighted by atomic mass is 16.2. The van der Waals surface area contributed by atoms with Crippen molar-refractivity contribution >= 4 is 16.8 Å². The van der Waals surface area contributed by atoms with Gasteiger partial charge < -0.3 is 9.47 Å². The molecule has 2 aromatic carbocycles. The fourth-order valence-corrected chi connectivity index (χ4v) is 3.90. The van der Waals surface area contributed by atoms with Crippen LogP contribution in [0.5, 0.6) is 0 Å². The number of rotatable bonds is 6. The lowest BCUT2D eigenvalue weighted by Crippen LogP contribution is -2.32. The van der Waals surface area contributed by atoms with Crippen molar-refractivity contribution in [2.75, 3.05) is 0 Å². The third-order valence-corrected chi connectivity index (χ3v) is 5.52. The van der Waals surface area contributed by atoms with Crippen molar-refractivity contribution in [3.63, 3.8) is 0 Å². The van der Waals surface area contributed by atoms with E-state index in [9.17, 15) is 4.79 Å². The van der Waals surface area contributed by atoms with Gasteiger partial charge in [-0.1, -0.05) is 54.6 Å². The van der Waals surface area contributed by atoms with E-state index in [1.54, 1.807) is 6.20 Å². The Kier molecular flexibility index (Phi) is 4.60. The van der Waals surface area contributed by atoms with E-state index >= 15 is 0 Å². The number of fused-ring (bicyclic) bond motifs is 1. The van der Waals surface area contributed by atoms with Crippen molar-refractivity contribution in [1.82, 2.24) is 14.5 Å². The molecule has 1 fully saturated rings. The minimum Gasteiger partial charge on any atom is -0.342 e. The zero-order valence-electron chi connectivity index (χ0n) is 16.2. The van der Waals surface area contributed by atoms with E-state index in [4.69, 9.17) is 0 Å². The van der Waals surface area contributed by atoms with Crippen molar-refractivity contribution in [2.45, 2.75) is 32.0 Å². The first-order chi connectivity index (χ1) is 14.3. The van der Waals surface area contributed by atoms with E-state index < -0.39 is 0 Å². The van der Waals surface area contributed by atoms with Gasteiger partial charge in [0.15, 0.2) is 0 Å². The molecule has 0 aliphatic heterocycles. The Balaban J connectivity index is 1.51. The topological polar surface area (TPSA) is 38.1 Å². The van der Waals surface area contributed by atoms with Crippen molar-refractivity contribution in [3.8, 4) is 0 Å². The molecule has 5 rings (SSSR count). The van der Waals surface area contributed by atoms with E-state index in [0.29, 0.717) is 12.6 Å². The summed E-state index contributed by atoms with van der Waals surface area (Å²) in [4.78, 5) is 20.0. The summed E-state index contributed by atoms with van der Waals surface area (Å²) >= 11 is 0. The molecule has 0 spiro atoms. The van der Waals surface area contributed by atoms with Crippen molar-refractivity contribution in [2.24, 2.45) is 0 Å². The summed E-state index contributed by atoms with van der Waals surface area (Å²) in [5.41, 5.74) is 4.02. The fraction of sp³-hybridized carbons (Fsp3) is 0.200. The number of benzene rings is 2. The lowest BCUT2D eigenvalue weighted by molar-refractivity contribution is 0.0729. The molecule has 0 radical (unpaired) electrons. The van der Waals surface area contributed by atoms with E-state index in [1.165, 1.54) is 5.56 Å². The van der Waals surface area contributed by atoms with Gasteiger partial charge in [0.2, 0.25) is 0 Å². The maximum absolute atomic E-state index is 13.6. The number of amides is 1. The monoisotopic (exact) mass is 381 g/mol. The zero-order valence-corrected chi connectivity index (χ0v) is 16.2. The number of para-hydroxylation sites is 1. The Bertz CT molecular complexity index is 1130. The van der Waals surface area contributed by atoms with Crippen LogP contribution in [0.3, 0.4) is 0 Å². The van der Waals surface area contributed by atoms with E-state index in [-0.39, 0.29) is 5.91 Å². The molecule has 4 aromatic rings. The Labute approximate surface area is 170 Å². The molecule has 0 bridgehead atoms. The lowest BCUT2D eigenvalue weighted by Gasteiger charge is -2.21. The molecule has 0 unspecified atom stereocenters. The summed E-state index contributed by atoms with van der Waals surface area (Å²) in [6, 6.07) is 24.7. The molecule has 2 aromatic heterocycles. The van der Waals surface area contributed by atoms with Crippen LogP contribution < -0.4 is 0 Å². The maximum atomic E-state index is 13.6. The predicted octanol–water partition coefficient (Wildman–Crippen LogP) is 4.89. The zero-order chi connectivity index (χ0) is 19.6. The van der Waals surface area contributed by atoms with Gasteiger partial charge in [0, 0.05) is 35.9 Å². The molecule has 2 heterocycles. The summed E-state index contributed by atoms with van der Waals surface area (Å²) in [5.74, 6) is 0.0983. The highest BCUT2D eigenvalue weighted by Gasteiger charge is 2.34. The number of aromatic nitrogens is 2. The number of nitrogens with zero attached hydrogens (tertiary/aromatic N) is 3. The molecule has 0 atom stereocenters. The first-order valence-corrected chi connectivity index (χ1v) is 10.1. The predicted molar refractivity (Wildman–Crippen MR) is 115 cm³/mol. The van der Waals surface area contributed by atoms with Gasteiger partial charge in [-0.3, -0.25) is 9.78 Å². The lowest BCUT2D eigenvalue weighted by atomic mass is 10.1. The second-order valence-electron chi connectivity index (χ2n) is 7.66. The van der Waals surface area contributed by atoms with Gasteiger partial charge in [0.25, 0.3) is 5.91 Å². The van der Waals surface area contributed by atoms with Crippen molar-refractivity contribution in [1.29, 1.82) is 0 Å². The molecule has 1 amide bonds. The second kappa shape index (κ2) is 7.55. The minimum atomic E-state index is 0.0983. The van der Waals surface area contributed by atoms with Gasteiger partial charge >= 0.3 is 0 Å². The molecule has 0 saturated heterocycles. The van der Waals surface area contributed by atoms with Crippen LogP contribution in [-0.2, 0) is 13.1 Å². The standard InChI is InChI=1S/C25H23N3O/c29-25(28(21-13-14-21)17-20-10-6-7-15-26-20)23-18-27(16-19-8-2-1-3-9-19)24-12-5-4-11-22(23)24/h1-12,15,18,21H,13-14,16-17H2. The quantitative estimate of drug-likeness (QED) is 0.477. The van der Waals surface area contributed by atoms with Gasteiger partial charge in [0.1, 0.15) is 0 Å². The molecule has 0 N–H and O–H groups in total. The highest BCUT2D eigenvalue weighted by Crippen LogP contribution is 2.32. The molecule has 1 aliphatic carbocycles. The van der Waals surface area contributed by atoms with Crippen LogP contribution in [0.2, 0.25) is 0 Å². The van der Waals surface area contributed by atoms with Crippen LogP contribution in [-0.4, -0.2) is 26.4 Å². The normalized spacial score (nSPS) is 13.5. The highest BCUT2D eigenvalue weighted by molar-refractivity contribution is 6.07. The Hall–Kier alpha value is -3.40. The SMILES string of the molecule is O=C(c1cn(Cc2ccccc2)c2ccccc12)N(Cc1ccccn1)C1CC1. The molecule has 144 valence electrons. The first kappa shape index (κ1) is 17.7. The van der Waals surface area contributed by atoms with Gasteiger partial charge in [-0.15, -0.1) is 0 Å². The van der Waals surface area contributed by atoms with Crippen LogP contribution in [0.25, 0.3) is 10.9 Å². The van der Waals surface area contributed by atoms with E-state index in [1.807, 2.05) is 47.5 Å². The molecule has 29 heavy (non-hydrogen) atoms. The third-order valence-electron chi connectivity index (χ3n) is 5.52. The molecule has 1 aliphatic rings. The summed E-state index contributed by atoms with van der Waals surface area (Å²) in [6.45, 7) is 1.31. The van der Waals surface area contributed by atoms with Crippen LogP contribution in [0.1, 0.15) is 34.5 Å². The number of hydrogen-bond donors (Lipinski definition) is 0. The summed E-state index contributed by atoms with van der Waals surface area (Å²) in [6.07, 6.45) is 5.95. The Morgan fingerprint density at radius 2 is 1.72 bits per heavy atom. The largest absolute Gasteiger partial charge is 0.342 e. The van der Waals surface area contributed by atoms with Crippen LogP contribution in [0.4, 0.5) is 0 Å². The summed E-state index contributed by atoms with van der Waals surface area (Å²) < 4.78 is 2.18. The van der Waals surface area contributed by atoms with Crippen LogP contribution >= 0.6 is 0 Å².